The Morgan fingerprint density at radius 2 is 1.90 bits per heavy atom. The number of halogens is 1. The third-order valence-electron chi connectivity index (χ3n) is 4.66. The number of ether oxygens (including phenoxy) is 1. The minimum atomic E-state index is -0.328. The zero-order valence-corrected chi connectivity index (χ0v) is 18.8. The molecular formula is C24H30ClN3O2. The number of aliphatic hydroxyl groups is 1. The molecule has 1 unspecified atom stereocenters. The number of amidine groups is 1. The lowest BCUT2D eigenvalue weighted by atomic mass is 10.1. The van der Waals surface area contributed by atoms with E-state index in [1.807, 2.05) is 50.4 Å². The Kier molecular flexibility index (Phi) is 9.09. The predicted octanol–water partition coefficient (Wildman–Crippen LogP) is 5.77. The molecule has 0 aliphatic heterocycles. The van der Waals surface area contributed by atoms with Gasteiger partial charge in [0.2, 0.25) is 5.88 Å². The fourth-order valence-electron chi connectivity index (χ4n) is 2.70. The van der Waals surface area contributed by atoms with Gasteiger partial charge in [0, 0.05) is 17.8 Å². The topological polar surface area (TPSA) is 66.2 Å². The van der Waals surface area contributed by atoms with E-state index >= 15 is 0 Å². The van der Waals surface area contributed by atoms with E-state index in [-0.39, 0.29) is 5.88 Å². The van der Waals surface area contributed by atoms with Gasteiger partial charge in [-0.3, -0.25) is 0 Å². The summed E-state index contributed by atoms with van der Waals surface area (Å²) in [4.78, 5) is 8.75. The first-order valence-electron chi connectivity index (χ1n) is 10.0. The molecule has 0 aliphatic carbocycles. The van der Waals surface area contributed by atoms with Crippen molar-refractivity contribution in [2.75, 3.05) is 13.7 Å². The Morgan fingerprint density at radius 3 is 2.50 bits per heavy atom. The highest BCUT2D eigenvalue weighted by molar-refractivity contribution is 6.34. The maximum absolute atomic E-state index is 9.67. The molecule has 0 aliphatic rings. The highest BCUT2D eigenvalue weighted by Gasteiger charge is 2.11. The van der Waals surface area contributed by atoms with Crippen molar-refractivity contribution in [2.24, 2.45) is 15.9 Å². The summed E-state index contributed by atoms with van der Waals surface area (Å²) in [7, 11) is 1.87. The minimum Gasteiger partial charge on any atom is -0.494 e. The first kappa shape index (κ1) is 23.6. The number of hydrogen-bond donors (Lipinski definition) is 2. The third kappa shape index (κ3) is 7.01. The SMILES string of the molecule is C=C(O)N=C(N=C(C)c1ccc(OCC(C)CC)cc1)c1cc(CNC)ccc1Cl. The zero-order chi connectivity index (χ0) is 22.1. The second kappa shape index (κ2) is 11.5. The summed E-state index contributed by atoms with van der Waals surface area (Å²) < 4.78 is 5.82. The monoisotopic (exact) mass is 427 g/mol. The van der Waals surface area contributed by atoms with Gasteiger partial charge in [0.15, 0.2) is 5.84 Å². The van der Waals surface area contributed by atoms with Crippen LogP contribution in [0.2, 0.25) is 5.02 Å². The minimum absolute atomic E-state index is 0.306. The summed E-state index contributed by atoms with van der Waals surface area (Å²) in [6, 6.07) is 13.4. The average Bonchev–Trinajstić information content (AvgIpc) is 2.73. The van der Waals surface area contributed by atoms with Gasteiger partial charge < -0.3 is 15.2 Å². The zero-order valence-electron chi connectivity index (χ0n) is 18.1. The van der Waals surface area contributed by atoms with E-state index in [0.29, 0.717) is 35.5 Å². The van der Waals surface area contributed by atoms with Crippen LogP contribution in [0.4, 0.5) is 0 Å². The van der Waals surface area contributed by atoms with E-state index in [4.69, 9.17) is 16.3 Å². The second-order valence-electron chi connectivity index (χ2n) is 7.24. The van der Waals surface area contributed by atoms with Gasteiger partial charge in [0.1, 0.15) is 5.75 Å². The summed E-state index contributed by atoms with van der Waals surface area (Å²) in [6.07, 6.45) is 1.08. The predicted molar refractivity (Wildman–Crippen MR) is 126 cm³/mol. The Balaban J connectivity index is 2.31. The molecule has 0 saturated heterocycles. The van der Waals surface area contributed by atoms with Crippen LogP contribution in [0.5, 0.6) is 5.75 Å². The van der Waals surface area contributed by atoms with Crippen molar-refractivity contribution < 1.29 is 9.84 Å². The highest BCUT2D eigenvalue weighted by atomic mass is 35.5. The summed E-state index contributed by atoms with van der Waals surface area (Å²) in [5.41, 5.74) is 3.32. The number of nitrogens with one attached hydrogen (secondary N) is 1. The largest absolute Gasteiger partial charge is 0.494 e. The van der Waals surface area contributed by atoms with Gasteiger partial charge in [-0.1, -0.05) is 37.9 Å². The van der Waals surface area contributed by atoms with Crippen molar-refractivity contribution in [3.8, 4) is 5.75 Å². The number of aliphatic imine (C=N–C) groups is 2. The molecule has 1 atom stereocenters. The molecule has 0 saturated carbocycles. The Bertz CT molecular complexity index is 921. The first-order valence-corrected chi connectivity index (χ1v) is 10.4. The van der Waals surface area contributed by atoms with Crippen LogP contribution in [0, 0.1) is 5.92 Å². The van der Waals surface area contributed by atoms with E-state index in [2.05, 4.69) is 35.7 Å². The molecular weight excluding hydrogens is 398 g/mol. The quantitative estimate of drug-likeness (QED) is 0.303. The number of benzene rings is 2. The number of aliphatic hydroxyl groups excluding tert-OH is 1. The Morgan fingerprint density at radius 1 is 1.20 bits per heavy atom. The van der Waals surface area contributed by atoms with E-state index < -0.39 is 0 Å². The average molecular weight is 428 g/mol. The van der Waals surface area contributed by atoms with Crippen molar-refractivity contribution in [3.63, 3.8) is 0 Å². The van der Waals surface area contributed by atoms with E-state index in [9.17, 15) is 5.11 Å². The Labute approximate surface area is 184 Å². The molecule has 6 heteroatoms. The van der Waals surface area contributed by atoms with E-state index in [1.54, 1.807) is 6.07 Å². The fraction of sp³-hybridized carbons (Fsp3) is 0.333. The molecule has 2 N–H and O–H groups in total. The van der Waals surface area contributed by atoms with Gasteiger partial charge in [-0.15, -0.1) is 0 Å². The molecule has 160 valence electrons. The summed E-state index contributed by atoms with van der Waals surface area (Å²) in [5, 5.41) is 13.3. The van der Waals surface area contributed by atoms with Gasteiger partial charge in [0.25, 0.3) is 0 Å². The van der Waals surface area contributed by atoms with E-state index in [1.165, 1.54) is 0 Å². The lowest BCUT2D eigenvalue weighted by Crippen LogP contribution is -2.09. The van der Waals surface area contributed by atoms with Crippen molar-refractivity contribution in [1.29, 1.82) is 0 Å². The highest BCUT2D eigenvalue weighted by Crippen LogP contribution is 2.21. The molecule has 5 nitrogen and oxygen atoms in total. The maximum Gasteiger partial charge on any atom is 0.205 e. The van der Waals surface area contributed by atoms with Crippen LogP contribution < -0.4 is 10.1 Å². The van der Waals surface area contributed by atoms with Crippen molar-refractivity contribution in [1.82, 2.24) is 5.32 Å². The molecule has 2 aromatic carbocycles. The van der Waals surface area contributed by atoms with Crippen LogP contribution in [0.25, 0.3) is 0 Å². The van der Waals surface area contributed by atoms with Gasteiger partial charge >= 0.3 is 0 Å². The lowest BCUT2D eigenvalue weighted by molar-refractivity contribution is 0.256. The maximum atomic E-state index is 9.67. The Hall–Kier alpha value is -2.63. The first-order chi connectivity index (χ1) is 14.3. The van der Waals surface area contributed by atoms with Crippen molar-refractivity contribution >= 4 is 23.1 Å². The fourth-order valence-corrected chi connectivity index (χ4v) is 2.90. The molecule has 30 heavy (non-hydrogen) atoms. The van der Waals surface area contributed by atoms with Gasteiger partial charge in [-0.25, -0.2) is 4.99 Å². The van der Waals surface area contributed by atoms with Crippen LogP contribution in [0.15, 0.2) is 64.9 Å². The molecule has 0 amide bonds. The van der Waals surface area contributed by atoms with Crippen LogP contribution >= 0.6 is 11.6 Å². The van der Waals surface area contributed by atoms with E-state index in [0.717, 1.165) is 29.0 Å². The molecule has 0 spiro atoms. The molecule has 0 heterocycles. The van der Waals surface area contributed by atoms with Gasteiger partial charge in [-0.2, -0.15) is 4.99 Å². The molecule has 0 fully saturated rings. The smallest absolute Gasteiger partial charge is 0.205 e. The van der Waals surface area contributed by atoms with Crippen LogP contribution in [-0.2, 0) is 6.54 Å². The molecule has 0 bridgehead atoms. The van der Waals surface area contributed by atoms with Gasteiger partial charge in [0.05, 0.1) is 11.6 Å². The number of hydrogen-bond acceptors (Lipinski definition) is 4. The normalized spacial score (nSPS) is 13.2. The van der Waals surface area contributed by atoms with Crippen LogP contribution in [-0.4, -0.2) is 30.3 Å². The van der Waals surface area contributed by atoms with Crippen LogP contribution in [0.1, 0.15) is 43.9 Å². The summed E-state index contributed by atoms with van der Waals surface area (Å²) >= 11 is 6.40. The summed E-state index contributed by atoms with van der Waals surface area (Å²) in [5.74, 6) is 1.32. The molecule has 0 radical (unpaired) electrons. The lowest BCUT2D eigenvalue weighted by Gasteiger charge is -2.12. The molecule has 0 aromatic heterocycles. The molecule has 2 aromatic rings. The van der Waals surface area contributed by atoms with Crippen molar-refractivity contribution in [3.05, 3.63) is 76.6 Å². The second-order valence-corrected chi connectivity index (χ2v) is 7.65. The standard InChI is InChI=1S/C24H30ClN3O2/c1-6-16(2)15-30-21-10-8-20(9-11-21)17(3)27-24(28-18(4)29)22-13-19(14-26-5)7-12-23(22)25/h7-13,16,26,29H,4,6,14-15H2,1-3,5H3. The molecule has 2 rings (SSSR count). The van der Waals surface area contributed by atoms with Crippen LogP contribution in [0.3, 0.4) is 0 Å². The summed E-state index contributed by atoms with van der Waals surface area (Å²) in [6.45, 7) is 11.0. The van der Waals surface area contributed by atoms with Gasteiger partial charge in [-0.05, 0) is 74.0 Å². The van der Waals surface area contributed by atoms with Crippen molar-refractivity contribution in [2.45, 2.75) is 33.7 Å². The third-order valence-corrected chi connectivity index (χ3v) is 4.99. The number of nitrogens with zero attached hydrogens (tertiary/aromatic N) is 2. The number of rotatable bonds is 9.